The molecule has 0 aliphatic carbocycles. The van der Waals surface area contributed by atoms with Gasteiger partial charge in [0, 0.05) is 13.1 Å². The van der Waals surface area contributed by atoms with E-state index in [9.17, 15) is 9.59 Å². The van der Waals surface area contributed by atoms with Crippen molar-refractivity contribution in [1.82, 2.24) is 0 Å². The van der Waals surface area contributed by atoms with Gasteiger partial charge in [-0.05, 0) is 0 Å². The lowest BCUT2D eigenvalue weighted by atomic mass is 10.4. The number of carboxylic acid groups (broad SMARTS) is 2. The van der Waals surface area contributed by atoms with Crippen molar-refractivity contribution in [1.29, 1.82) is 0 Å². The van der Waals surface area contributed by atoms with Crippen LogP contribution in [-0.4, -0.2) is 57.7 Å². The Morgan fingerprint density at radius 3 is 1.14 bits per heavy atom. The summed E-state index contributed by atoms with van der Waals surface area (Å²) in [4.78, 5) is 19.2. The molecule has 8 nitrogen and oxygen atoms in total. The van der Waals surface area contributed by atoms with E-state index < -0.39 is 24.1 Å². The number of aliphatic hydroxyl groups is 2. The maximum atomic E-state index is 9.60. The highest BCUT2D eigenvalue weighted by Crippen LogP contribution is 1.74. The Balaban J connectivity index is 0. The topological polar surface area (TPSA) is 167 Å². The van der Waals surface area contributed by atoms with Crippen molar-refractivity contribution < 1.29 is 30.0 Å². The number of hydrogen-bond donors (Lipinski definition) is 6. The fraction of sp³-hybridized carbons (Fsp3) is 0.667. The Bertz CT molecular complexity index is 165. The Kier molecular flexibility index (Phi) is 9.14. The second kappa shape index (κ2) is 8.38. The van der Waals surface area contributed by atoms with Gasteiger partial charge in [-0.15, -0.1) is 0 Å². The summed E-state index contributed by atoms with van der Waals surface area (Å²) in [6, 6.07) is 0. The van der Waals surface area contributed by atoms with Gasteiger partial charge in [-0.25, -0.2) is 9.59 Å². The van der Waals surface area contributed by atoms with E-state index in [0.29, 0.717) is 0 Å². The molecule has 0 aliphatic rings. The highest BCUT2D eigenvalue weighted by molar-refractivity contribution is 5.72. The molecule has 84 valence electrons. The zero-order chi connectivity index (χ0) is 11.7. The molecule has 0 heterocycles. The Morgan fingerprint density at radius 2 is 1.14 bits per heavy atom. The predicted octanol–water partition coefficient (Wildman–Crippen LogP) is -3.22. The number of carboxylic acids is 2. The summed E-state index contributed by atoms with van der Waals surface area (Å²) in [6.07, 6.45) is -2.81. The molecule has 0 aromatic heterocycles. The van der Waals surface area contributed by atoms with Crippen molar-refractivity contribution in [2.75, 3.05) is 13.1 Å². The molecule has 0 fully saturated rings. The fourth-order valence-corrected chi connectivity index (χ4v) is 0.202. The van der Waals surface area contributed by atoms with Crippen LogP contribution in [0, 0.1) is 0 Å². The van der Waals surface area contributed by atoms with Gasteiger partial charge in [0.15, 0.2) is 12.2 Å². The molecule has 0 radical (unpaired) electrons. The molecule has 0 aromatic carbocycles. The lowest BCUT2D eigenvalue weighted by Crippen LogP contribution is -2.28. The Labute approximate surface area is 79.7 Å². The summed E-state index contributed by atoms with van der Waals surface area (Å²) < 4.78 is 0. The summed E-state index contributed by atoms with van der Waals surface area (Å²) in [7, 11) is 0. The first kappa shape index (κ1) is 15.3. The highest BCUT2D eigenvalue weighted by Gasteiger charge is 2.08. The largest absolute Gasteiger partial charge is 0.479 e. The molecular weight excluding hydrogens is 196 g/mol. The van der Waals surface area contributed by atoms with Crippen LogP contribution in [-0.2, 0) is 9.59 Å². The van der Waals surface area contributed by atoms with E-state index in [4.69, 9.17) is 31.9 Å². The van der Waals surface area contributed by atoms with Gasteiger partial charge in [-0.1, -0.05) is 0 Å². The van der Waals surface area contributed by atoms with Crippen molar-refractivity contribution in [3.63, 3.8) is 0 Å². The Morgan fingerprint density at radius 1 is 0.929 bits per heavy atom. The van der Waals surface area contributed by atoms with Crippen molar-refractivity contribution in [2.45, 2.75) is 12.2 Å². The summed E-state index contributed by atoms with van der Waals surface area (Å²) >= 11 is 0. The van der Waals surface area contributed by atoms with E-state index in [-0.39, 0.29) is 13.1 Å². The van der Waals surface area contributed by atoms with Crippen LogP contribution in [0.3, 0.4) is 0 Å². The maximum absolute atomic E-state index is 9.60. The molecule has 0 aliphatic heterocycles. The monoisotopic (exact) mass is 210 g/mol. The molecule has 8 heteroatoms. The third kappa shape index (κ3) is 8.87. The van der Waals surface area contributed by atoms with Crippen LogP contribution in [0.5, 0.6) is 0 Å². The Hall–Kier alpha value is -1.22. The fourth-order valence-electron chi connectivity index (χ4n) is 0.202. The minimum Gasteiger partial charge on any atom is -0.479 e. The predicted molar refractivity (Wildman–Crippen MR) is 45.4 cm³/mol. The van der Waals surface area contributed by atoms with Crippen molar-refractivity contribution >= 4 is 11.9 Å². The molecule has 2 unspecified atom stereocenters. The zero-order valence-electron chi connectivity index (χ0n) is 7.33. The van der Waals surface area contributed by atoms with Crippen LogP contribution in [0.1, 0.15) is 0 Å². The quantitative estimate of drug-likeness (QED) is 0.281. The first-order chi connectivity index (χ1) is 6.36. The van der Waals surface area contributed by atoms with E-state index >= 15 is 0 Å². The molecule has 2 atom stereocenters. The molecule has 8 N–H and O–H groups in total. The van der Waals surface area contributed by atoms with Gasteiger partial charge < -0.3 is 31.9 Å². The van der Waals surface area contributed by atoms with E-state index in [1.54, 1.807) is 0 Å². The average molecular weight is 210 g/mol. The number of carbonyl (C=O) groups is 2. The van der Waals surface area contributed by atoms with Crippen molar-refractivity contribution in [2.24, 2.45) is 11.5 Å². The second-order valence-electron chi connectivity index (χ2n) is 2.18. The van der Waals surface area contributed by atoms with Gasteiger partial charge in [-0.2, -0.15) is 0 Å². The molecule has 14 heavy (non-hydrogen) atoms. The molecule has 0 aromatic rings. The van der Waals surface area contributed by atoms with Crippen LogP contribution in [0.4, 0.5) is 0 Å². The zero-order valence-corrected chi connectivity index (χ0v) is 7.33. The summed E-state index contributed by atoms with van der Waals surface area (Å²) in [5.41, 5.74) is 9.48. The molecule has 0 saturated heterocycles. The van der Waals surface area contributed by atoms with Gasteiger partial charge in [0.05, 0.1) is 0 Å². The third-order valence-corrected chi connectivity index (χ3v) is 1.02. The normalized spacial score (nSPS) is 13.4. The molecule has 0 bridgehead atoms. The highest BCUT2D eigenvalue weighted by atomic mass is 16.4. The average Bonchev–Trinajstić information content (AvgIpc) is 2.15. The van der Waals surface area contributed by atoms with Gasteiger partial charge in [0.1, 0.15) is 0 Å². The summed E-state index contributed by atoms with van der Waals surface area (Å²) in [5.74, 6) is -2.55. The van der Waals surface area contributed by atoms with Crippen molar-refractivity contribution in [3.8, 4) is 0 Å². The smallest absolute Gasteiger partial charge is 0.333 e. The first-order valence-corrected chi connectivity index (χ1v) is 3.58. The van der Waals surface area contributed by atoms with Crippen LogP contribution in [0.2, 0.25) is 0 Å². The van der Waals surface area contributed by atoms with E-state index in [0.717, 1.165) is 0 Å². The maximum Gasteiger partial charge on any atom is 0.333 e. The van der Waals surface area contributed by atoms with Gasteiger partial charge >= 0.3 is 11.9 Å². The third-order valence-electron chi connectivity index (χ3n) is 1.02. The minimum atomic E-state index is -1.40. The number of rotatable bonds is 4. The van der Waals surface area contributed by atoms with E-state index in [1.165, 1.54) is 0 Å². The second-order valence-corrected chi connectivity index (χ2v) is 2.18. The number of aliphatic hydroxyl groups excluding tert-OH is 2. The summed E-state index contributed by atoms with van der Waals surface area (Å²) in [6.45, 7) is -0.454. The molecule has 0 amide bonds. The standard InChI is InChI=1S/2C3H7NO3/c2*4-1-2(5)3(6)7/h2*2,5H,1,4H2,(H,6,7). The summed E-state index contributed by atoms with van der Waals surface area (Å²) in [5, 5.41) is 32.1. The number of hydrogen-bond acceptors (Lipinski definition) is 6. The van der Waals surface area contributed by atoms with E-state index in [2.05, 4.69) is 0 Å². The molecule has 0 spiro atoms. The number of nitrogens with two attached hydrogens (primary N) is 2. The SMILES string of the molecule is NCC(O)C(=O)O.NCC(O)C(=O)O. The van der Waals surface area contributed by atoms with Gasteiger partial charge in [0.2, 0.25) is 0 Å². The van der Waals surface area contributed by atoms with Crippen molar-refractivity contribution in [3.05, 3.63) is 0 Å². The van der Waals surface area contributed by atoms with Crippen LogP contribution < -0.4 is 11.5 Å². The first-order valence-electron chi connectivity index (χ1n) is 3.58. The van der Waals surface area contributed by atoms with Crippen LogP contribution in [0.25, 0.3) is 0 Å². The number of aliphatic carboxylic acids is 2. The molecular formula is C6H14N2O6. The lowest BCUT2D eigenvalue weighted by Gasteiger charge is -1.96. The van der Waals surface area contributed by atoms with Crippen LogP contribution in [0.15, 0.2) is 0 Å². The van der Waals surface area contributed by atoms with Crippen LogP contribution >= 0.6 is 0 Å². The molecule has 0 rings (SSSR count). The van der Waals surface area contributed by atoms with Gasteiger partial charge in [0.25, 0.3) is 0 Å². The lowest BCUT2D eigenvalue weighted by molar-refractivity contribution is -0.146. The molecule has 0 saturated carbocycles. The minimum absolute atomic E-state index is 0.227. The van der Waals surface area contributed by atoms with E-state index in [1.807, 2.05) is 0 Å². The van der Waals surface area contributed by atoms with Gasteiger partial charge in [-0.3, -0.25) is 0 Å².